The molecule has 0 bridgehead atoms. The molecular formula is C15H24O. The summed E-state index contributed by atoms with van der Waals surface area (Å²) in [5, 5.41) is 9.52. The molecule has 0 heterocycles. The van der Waals surface area contributed by atoms with Crippen LogP contribution in [0.25, 0.3) is 0 Å². The molecule has 0 aromatic rings. The van der Waals surface area contributed by atoms with Gasteiger partial charge in [-0.05, 0) is 56.3 Å². The lowest BCUT2D eigenvalue weighted by atomic mass is 9.51. The second kappa shape index (κ2) is 4.37. The van der Waals surface area contributed by atoms with Gasteiger partial charge in [0.1, 0.15) is 0 Å². The highest BCUT2D eigenvalue weighted by atomic mass is 16.3. The molecule has 16 heavy (non-hydrogen) atoms. The quantitative estimate of drug-likeness (QED) is 0.668. The Morgan fingerprint density at radius 2 is 2.25 bits per heavy atom. The normalized spacial score (nSPS) is 43.2. The van der Waals surface area contributed by atoms with Crippen LogP contribution in [0.1, 0.15) is 46.0 Å². The Hall–Kier alpha value is -0.560. The van der Waals surface area contributed by atoms with Crippen molar-refractivity contribution in [2.75, 3.05) is 6.61 Å². The summed E-state index contributed by atoms with van der Waals surface area (Å²) < 4.78 is 0. The molecule has 0 aromatic heterocycles. The summed E-state index contributed by atoms with van der Waals surface area (Å²) in [6.45, 7) is 9.06. The Morgan fingerprint density at radius 3 is 2.94 bits per heavy atom. The van der Waals surface area contributed by atoms with Gasteiger partial charge in [0.25, 0.3) is 0 Å². The maximum atomic E-state index is 9.52. The average molecular weight is 220 g/mol. The van der Waals surface area contributed by atoms with Crippen molar-refractivity contribution in [3.63, 3.8) is 0 Å². The summed E-state index contributed by atoms with van der Waals surface area (Å²) in [5.41, 5.74) is 3.10. The highest BCUT2D eigenvalue weighted by Crippen LogP contribution is 2.56. The Kier molecular flexibility index (Phi) is 3.25. The Labute approximate surface area is 99.3 Å². The van der Waals surface area contributed by atoms with Crippen molar-refractivity contribution < 1.29 is 5.11 Å². The van der Waals surface area contributed by atoms with Crippen molar-refractivity contribution in [3.05, 3.63) is 23.8 Å². The number of fused-ring (bicyclic) bond motifs is 1. The third-order valence-electron chi connectivity index (χ3n) is 4.76. The van der Waals surface area contributed by atoms with Crippen LogP contribution < -0.4 is 0 Å². The number of hydrogen-bond donors (Lipinski definition) is 1. The fourth-order valence-electron chi connectivity index (χ4n) is 3.46. The zero-order valence-electron chi connectivity index (χ0n) is 10.6. The van der Waals surface area contributed by atoms with Gasteiger partial charge < -0.3 is 5.11 Å². The lowest BCUT2D eigenvalue weighted by Crippen LogP contribution is -2.48. The van der Waals surface area contributed by atoms with E-state index in [-0.39, 0.29) is 5.41 Å². The van der Waals surface area contributed by atoms with Crippen LogP contribution in [0.5, 0.6) is 0 Å². The Bertz CT molecular complexity index is 315. The van der Waals surface area contributed by atoms with Crippen LogP contribution in [0.3, 0.4) is 0 Å². The lowest BCUT2D eigenvalue weighted by Gasteiger charge is -2.54. The Morgan fingerprint density at radius 1 is 1.50 bits per heavy atom. The van der Waals surface area contributed by atoms with Gasteiger partial charge in [-0.3, -0.25) is 0 Å². The Balaban J connectivity index is 2.13. The van der Waals surface area contributed by atoms with Crippen LogP contribution >= 0.6 is 0 Å². The topological polar surface area (TPSA) is 20.2 Å². The minimum Gasteiger partial charge on any atom is -0.396 e. The van der Waals surface area contributed by atoms with E-state index in [1.807, 2.05) is 0 Å². The van der Waals surface area contributed by atoms with Crippen LogP contribution in [-0.4, -0.2) is 11.7 Å². The molecule has 90 valence electrons. The molecule has 3 atom stereocenters. The molecule has 0 amide bonds. The standard InChI is InChI=1S/C15H24O/c1-11-5-4-6-12(2)13-9-15(3,10-16)14(13)8-7-11/h5,13-14,16H,2,4,6-10H2,1,3H3/b11-5-/t13-,14+,15?/m0/s1. The summed E-state index contributed by atoms with van der Waals surface area (Å²) >= 11 is 0. The van der Waals surface area contributed by atoms with Gasteiger partial charge >= 0.3 is 0 Å². The molecule has 1 fully saturated rings. The van der Waals surface area contributed by atoms with E-state index < -0.39 is 0 Å². The van der Waals surface area contributed by atoms with Crippen molar-refractivity contribution >= 4 is 0 Å². The van der Waals surface area contributed by atoms with E-state index >= 15 is 0 Å². The number of hydrogen-bond acceptors (Lipinski definition) is 1. The highest BCUT2D eigenvalue weighted by molar-refractivity contribution is 5.17. The summed E-state index contributed by atoms with van der Waals surface area (Å²) in [4.78, 5) is 0. The monoisotopic (exact) mass is 220 g/mol. The average Bonchev–Trinajstić information content (AvgIpc) is 2.29. The molecule has 1 nitrogen and oxygen atoms in total. The predicted molar refractivity (Wildman–Crippen MR) is 68.2 cm³/mol. The van der Waals surface area contributed by atoms with Crippen molar-refractivity contribution in [2.24, 2.45) is 17.3 Å². The first kappa shape index (κ1) is 11.9. The molecule has 0 aromatic carbocycles. The minimum atomic E-state index is 0.165. The highest BCUT2D eigenvalue weighted by Gasteiger charge is 2.50. The lowest BCUT2D eigenvalue weighted by molar-refractivity contribution is -0.0568. The van der Waals surface area contributed by atoms with Gasteiger partial charge in [0.15, 0.2) is 0 Å². The first-order valence-corrected chi connectivity index (χ1v) is 6.51. The fraction of sp³-hybridized carbons (Fsp3) is 0.733. The van der Waals surface area contributed by atoms with Crippen LogP contribution in [-0.2, 0) is 0 Å². The van der Waals surface area contributed by atoms with Crippen LogP contribution in [0.15, 0.2) is 23.8 Å². The second-order valence-electron chi connectivity index (χ2n) is 6.02. The van der Waals surface area contributed by atoms with Crippen molar-refractivity contribution in [2.45, 2.75) is 46.0 Å². The molecular weight excluding hydrogens is 196 g/mol. The molecule has 0 spiro atoms. The molecule has 1 unspecified atom stereocenters. The van der Waals surface area contributed by atoms with Gasteiger partial charge in [0, 0.05) is 6.61 Å². The van der Waals surface area contributed by atoms with Crippen LogP contribution in [0.4, 0.5) is 0 Å². The first-order valence-electron chi connectivity index (χ1n) is 6.51. The summed E-state index contributed by atoms with van der Waals surface area (Å²) in [6.07, 6.45) is 8.23. The van der Waals surface area contributed by atoms with Crippen molar-refractivity contribution in [3.8, 4) is 0 Å². The van der Waals surface area contributed by atoms with E-state index in [1.54, 1.807) is 0 Å². The van der Waals surface area contributed by atoms with Crippen LogP contribution in [0, 0.1) is 17.3 Å². The number of aliphatic hydroxyl groups is 1. The zero-order chi connectivity index (χ0) is 11.8. The predicted octanol–water partition coefficient (Wildman–Crippen LogP) is 3.70. The molecule has 0 saturated heterocycles. The molecule has 0 radical (unpaired) electrons. The first-order chi connectivity index (χ1) is 7.57. The molecule has 1 heteroatoms. The summed E-state index contributed by atoms with van der Waals surface area (Å²) in [7, 11) is 0. The third kappa shape index (κ3) is 1.98. The van der Waals surface area contributed by atoms with E-state index in [4.69, 9.17) is 0 Å². The van der Waals surface area contributed by atoms with E-state index in [1.165, 1.54) is 24.0 Å². The van der Waals surface area contributed by atoms with E-state index in [0.717, 1.165) is 19.3 Å². The molecule has 1 saturated carbocycles. The maximum Gasteiger partial charge on any atom is 0.0487 e. The third-order valence-corrected chi connectivity index (χ3v) is 4.76. The molecule has 1 N–H and O–H groups in total. The van der Waals surface area contributed by atoms with Gasteiger partial charge in [-0.2, -0.15) is 0 Å². The van der Waals surface area contributed by atoms with Crippen molar-refractivity contribution in [1.82, 2.24) is 0 Å². The smallest absolute Gasteiger partial charge is 0.0487 e. The van der Waals surface area contributed by atoms with E-state index in [9.17, 15) is 5.11 Å². The van der Waals surface area contributed by atoms with Gasteiger partial charge in [-0.15, -0.1) is 0 Å². The maximum absolute atomic E-state index is 9.52. The van der Waals surface area contributed by atoms with Gasteiger partial charge in [0.05, 0.1) is 0 Å². The molecule has 0 aliphatic heterocycles. The summed E-state index contributed by atoms with van der Waals surface area (Å²) in [5.74, 6) is 1.34. The minimum absolute atomic E-state index is 0.165. The number of allylic oxidation sites excluding steroid dienone is 3. The van der Waals surface area contributed by atoms with E-state index in [2.05, 4.69) is 26.5 Å². The second-order valence-corrected chi connectivity index (χ2v) is 6.02. The molecule has 2 rings (SSSR count). The SMILES string of the molecule is C=C1CC/C=C(/C)CC[C@@H]2[C@H]1CC2(C)CO. The number of rotatable bonds is 1. The largest absolute Gasteiger partial charge is 0.396 e. The van der Waals surface area contributed by atoms with Gasteiger partial charge in [0.2, 0.25) is 0 Å². The molecule has 2 aliphatic carbocycles. The summed E-state index contributed by atoms with van der Waals surface area (Å²) in [6, 6.07) is 0. The van der Waals surface area contributed by atoms with E-state index in [0.29, 0.717) is 18.4 Å². The van der Waals surface area contributed by atoms with Crippen molar-refractivity contribution in [1.29, 1.82) is 0 Å². The van der Waals surface area contributed by atoms with Gasteiger partial charge in [-0.25, -0.2) is 0 Å². The zero-order valence-corrected chi connectivity index (χ0v) is 10.6. The van der Waals surface area contributed by atoms with Crippen LogP contribution in [0.2, 0.25) is 0 Å². The van der Waals surface area contributed by atoms with Gasteiger partial charge in [-0.1, -0.05) is 30.7 Å². The fourth-order valence-corrected chi connectivity index (χ4v) is 3.46. The molecule has 2 aliphatic rings. The number of aliphatic hydroxyl groups excluding tert-OH is 1.